The Morgan fingerprint density at radius 2 is 2.05 bits per heavy atom. The summed E-state index contributed by atoms with van der Waals surface area (Å²) >= 11 is 4.49. The van der Waals surface area contributed by atoms with E-state index in [0.717, 1.165) is 17.7 Å². The molecule has 0 saturated heterocycles. The van der Waals surface area contributed by atoms with Crippen molar-refractivity contribution in [3.05, 3.63) is 47.9 Å². The molecule has 0 aliphatic heterocycles. The van der Waals surface area contributed by atoms with Crippen LogP contribution < -0.4 is 0 Å². The van der Waals surface area contributed by atoms with Gasteiger partial charge in [-0.05, 0) is 48.8 Å². The summed E-state index contributed by atoms with van der Waals surface area (Å²) in [6.45, 7) is 2.21. The maximum absolute atomic E-state index is 13.8. The molecule has 0 fully saturated rings. The molecule has 0 spiro atoms. The number of halogens is 1. The number of hydrogen-bond donors (Lipinski definition) is 0. The Morgan fingerprint density at radius 1 is 1.18 bits per heavy atom. The van der Waals surface area contributed by atoms with E-state index in [0.29, 0.717) is 0 Å². The standard InChI is InChI=1S/C18H19FN2S/c1-2-3-4-5-6-14-7-9-17(20-12-14)15-8-10-18(21-13-22)16(19)11-15/h7-12H,2-6H2,1H3. The highest BCUT2D eigenvalue weighted by molar-refractivity contribution is 7.78. The predicted molar refractivity (Wildman–Crippen MR) is 92.2 cm³/mol. The lowest BCUT2D eigenvalue weighted by molar-refractivity contribution is 0.630. The number of nitrogens with zero attached hydrogens (tertiary/aromatic N) is 2. The molecule has 1 aromatic carbocycles. The Labute approximate surface area is 136 Å². The SMILES string of the molecule is CCCCCCc1ccc(-c2ccc(N=C=S)c(F)c2)nc1. The highest BCUT2D eigenvalue weighted by atomic mass is 32.1. The van der Waals surface area contributed by atoms with Crippen molar-refractivity contribution in [2.75, 3.05) is 0 Å². The van der Waals surface area contributed by atoms with Crippen LogP contribution in [0, 0.1) is 5.82 Å². The zero-order chi connectivity index (χ0) is 15.8. The summed E-state index contributed by atoms with van der Waals surface area (Å²) in [4.78, 5) is 8.10. The van der Waals surface area contributed by atoms with Gasteiger partial charge in [0.05, 0.1) is 10.9 Å². The second-order valence-electron chi connectivity index (χ2n) is 5.23. The molecule has 0 radical (unpaired) electrons. The minimum absolute atomic E-state index is 0.200. The maximum atomic E-state index is 13.8. The van der Waals surface area contributed by atoms with Crippen LogP contribution in [0.3, 0.4) is 0 Å². The zero-order valence-corrected chi connectivity index (χ0v) is 13.5. The molecule has 2 aromatic rings. The second-order valence-corrected chi connectivity index (χ2v) is 5.41. The topological polar surface area (TPSA) is 25.2 Å². The molecule has 0 amide bonds. The van der Waals surface area contributed by atoms with Gasteiger partial charge in [0.2, 0.25) is 0 Å². The first-order chi connectivity index (χ1) is 10.7. The van der Waals surface area contributed by atoms with E-state index in [4.69, 9.17) is 0 Å². The van der Waals surface area contributed by atoms with Crippen molar-refractivity contribution < 1.29 is 4.39 Å². The lowest BCUT2D eigenvalue weighted by Gasteiger charge is -2.05. The van der Waals surface area contributed by atoms with E-state index < -0.39 is 5.82 Å². The first-order valence-corrected chi connectivity index (χ1v) is 7.98. The van der Waals surface area contributed by atoms with E-state index in [-0.39, 0.29) is 5.69 Å². The minimum atomic E-state index is -0.416. The fourth-order valence-corrected chi connectivity index (χ4v) is 2.40. The number of aromatic nitrogens is 1. The Kier molecular flexibility index (Phi) is 6.38. The summed E-state index contributed by atoms with van der Waals surface area (Å²) in [5.74, 6) is -0.416. The molecule has 0 bridgehead atoms. The Bertz CT molecular complexity index is 661. The largest absolute Gasteiger partial charge is 0.256 e. The third-order valence-corrected chi connectivity index (χ3v) is 3.64. The molecule has 0 aliphatic carbocycles. The number of rotatable bonds is 7. The summed E-state index contributed by atoms with van der Waals surface area (Å²) in [5, 5.41) is 2.17. The number of thiocarbonyl (C=S) groups is 1. The number of isothiocyanates is 1. The number of pyridine rings is 1. The first-order valence-electron chi connectivity index (χ1n) is 7.57. The van der Waals surface area contributed by atoms with E-state index in [1.807, 2.05) is 12.3 Å². The zero-order valence-electron chi connectivity index (χ0n) is 12.7. The lowest BCUT2D eigenvalue weighted by atomic mass is 10.1. The highest BCUT2D eigenvalue weighted by Gasteiger charge is 2.05. The molecule has 0 atom stereocenters. The van der Waals surface area contributed by atoms with E-state index >= 15 is 0 Å². The van der Waals surface area contributed by atoms with Crippen LogP contribution in [0.15, 0.2) is 41.5 Å². The molecule has 114 valence electrons. The van der Waals surface area contributed by atoms with Crippen molar-refractivity contribution in [1.29, 1.82) is 0 Å². The van der Waals surface area contributed by atoms with Gasteiger partial charge in [-0.25, -0.2) is 4.39 Å². The maximum Gasteiger partial charge on any atom is 0.150 e. The normalized spacial score (nSPS) is 10.3. The molecule has 0 saturated carbocycles. The van der Waals surface area contributed by atoms with E-state index in [9.17, 15) is 4.39 Å². The lowest BCUT2D eigenvalue weighted by Crippen LogP contribution is -1.90. The summed E-state index contributed by atoms with van der Waals surface area (Å²) < 4.78 is 13.8. The van der Waals surface area contributed by atoms with E-state index in [1.165, 1.54) is 37.3 Å². The van der Waals surface area contributed by atoms with Gasteiger partial charge < -0.3 is 0 Å². The van der Waals surface area contributed by atoms with Crippen LogP contribution in [0.5, 0.6) is 0 Å². The van der Waals surface area contributed by atoms with Crippen LogP contribution in [0.25, 0.3) is 11.3 Å². The van der Waals surface area contributed by atoms with Gasteiger partial charge in [-0.2, -0.15) is 4.99 Å². The molecular formula is C18H19FN2S. The molecule has 1 heterocycles. The van der Waals surface area contributed by atoms with Gasteiger partial charge in [-0.1, -0.05) is 38.3 Å². The quantitative estimate of drug-likeness (QED) is 0.369. The molecule has 0 N–H and O–H groups in total. The van der Waals surface area contributed by atoms with Crippen LogP contribution in [-0.4, -0.2) is 10.1 Å². The first kappa shape index (κ1) is 16.5. The van der Waals surface area contributed by atoms with Crippen molar-refractivity contribution in [3.8, 4) is 11.3 Å². The molecule has 0 aliphatic rings. The van der Waals surface area contributed by atoms with E-state index in [1.54, 1.807) is 12.1 Å². The predicted octanol–water partition coefficient (Wildman–Crippen LogP) is 5.74. The van der Waals surface area contributed by atoms with E-state index in [2.05, 4.69) is 40.3 Å². The van der Waals surface area contributed by atoms with Gasteiger partial charge in [-0.3, -0.25) is 4.98 Å². The van der Waals surface area contributed by atoms with Crippen LogP contribution in [-0.2, 0) is 6.42 Å². The van der Waals surface area contributed by atoms with Crippen molar-refractivity contribution in [3.63, 3.8) is 0 Å². The molecule has 0 unspecified atom stereocenters. The summed E-state index contributed by atoms with van der Waals surface area (Å²) in [5.41, 5.74) is 2.92. The minimum Gasteiger partial charge on any atom is -0.256 e. The number of unbranched alkanes of at least 4 members (excludes halogenated alkanes) is 3. The fourth-order valence-electron chi connectivity index (χ4n) is 2.31. The van der Waals surface area contributed by atoms with Gasteiger partial charge in [0.25, 0.3) is 0 Å². The monoisotopic (exact) mass is 314 g/mol. The number of hydrogen-bond acceptors (Lipinski definition) is 3. The van der Waals surface area contributed by atoms with Gasteiger partial charge in [-0.15, -0.1) is 0 Å². The van der Waals surface area contributed by atoms with Gasteiger partial charge >= 0.3 is 0 Å². The van der Waals surface area contributed by atoms with Crippen LogP contribution >= 0.6 is 12.2 Å². The average Bonchev–Trinajstić information content (AvgIpc) is 2.54. The molecular weight excluding hydrogens is 295 g/mol. The molecule has 1 aromatic heterocycles. The van der Waals surface area contributed by atoms with Crippen LogP contribution in [0.2, 0.25) is 0 Å². The molecule has 22 heavy (non-hydrogen) atoms. The Balaban J connectivity index is 2.07. The second kappa shape index (κ2) is 8.52. The number of benzene rings is 1. The summed E-state index contributed by atoms with van der Waals surface area (Å²) in [6, 6.07) is 8.80. The highest BCUT2D eigenvalue weighted by Crippen LogP contribution is 2.24. The fraction of sp³-hybridized carbons (Fsp3) is 0.333. The van der Waals surface area contributed by atoms with Gasteiger partial charge in [0.15, 0.2) is 0 Å². The van der Waals surface area contributed by atoms with Gasteiger partial charge in [0, 0.05) is 11.8 Å². The van der Waals surface area contributed by atoms with Crippen molar-refractivity contribution in [2.45, 2.75) is 39.0 Å². The Hall–Kier alpha value is -1.90. The van der Waals surface area contributed by atoms with Crippen LogP contribution in [0.1, 0.15) is 38.2 Å². The smallest absolute Gasteiger partial charge is 0.150 e. The molecule has 2 rings (SSSR count). The number of aliphatic imine (C=N–C) groups is 1. The Morgan fingerprint density at radius 3 is 2.68 bits per heavy atom. The third-order valence-electron chi connectivity index (χ3n) is 3.55. The van der Waals surface area contributed by atoms with Crippen molar-refractivity contribution in [2.24, 2.45) is 4.99 Å². The molecule has 4 heteroatoms. The van der Waals surface area contributed by atoms with Gasteiger partial charge in [0.1, 0.15) is 11.5 Å². The molecule has 2 nitrogen and oxygen atoms in total. The van der Waals surface area contributed by atoms with Crippen LogP contribution in [0.4, 0.5) is 10.1 Å². The van der Waals surface area contributed by atoms with Crippen molar-refractivity contribution in [1.82, 2.24) is 4.98 Å². The average molecular weight is 314 g/mol. The number of aryl methyl sites for hydroxylation is 1. The third kappa shape index (κ3) is 4.55. The summed E-state index contributed by atoms with van der Waals surface area (Å²) in [6.07, 6.45) is 7.89. The summed E-state index contributed by atoms with van der Waals surface area (Å²) in [7, 11) is 0. The van der Waals surface area contributed by atoms with Crippen molar-refractivity contribution >= 4 is 23.1 Å².